The van der Waals surface area contributed by atoms with Crippen molar-refractivity contribution in [2.24, 2.45) is 23.7 Å². The van der Waals surface area contributed by atoms with Crippen LogP contribution in [0.25, 0.3) is 0 Å². The van der Waals surface area contributed by atoms with E-state index in [1.54, 1.807) is 6.42 Å². The highest BCUT2D eigenvalue weighted by molar-refractivity contribution is 5.12. The molecule has 0 aromatic heterocycles. The Hall–Kier alpha value is 0. The molecule has 0 bridgehead atoms. The first-order chi connectivity index (χ1) is 4.30. The van der Waals surface area contributed by atoms with E-state index in [4.69, 9.17) is 0 Å². The summed E-state index contributed by atoms with van der Waals surface area (Å²) in [6, 6.07) is 0. The minimum atomic E-state index is 0.990. The van der Waals surface area contributed by atoms with Crippen molar-refractivity contribution in [1.82, 2.24) is 0 Å². The predicted octanol–water partition coefficient (Wildman–Crippen LogP) is 2.93. The molecule has 0 spiro atoms. The maximum atomic E-state index is 2.34. The maximum absolute atomic E-state index is 2.34. The van der Waals surface area contributed by atoms with Gasteiger partial charge in [0.15, 0.2) is 0 Å². The molecular formula is C9H18. The fourth-order valence-corrected chi connectivity index (χ4v) is 1.82. The van der Waals surface area contributed by atoms with Gasteiger partial charge in [-0.05, 0) is 30.1 Å². The van der Waals surface area contributed by atoms with Crippen LogP contribution < -0.4 is 0 Å². The fourth-order valence-electron chi connectivity index (χ4n) is 1.82. The fraction of sp³-hybridized carbons (Fsp3) is 1.00. The Labute approximate surface area is 58.7 Å². The molecular weight excluding hydrogens is 108 g/mol. The van der Waals surface area contributed by atoms with E-state index in [1.165, 1.54) is 17.8 Å². The highest BCUT2D eigenvalue weighted by Gasteiger charge is 2.64. The van der Waals surface area contributed by atoms with Gasteiger partial charge in [0.2, 0.25) is 0 Å². The lowest BCUT2D eigenvalue weighted by Gasteiger charge is -2.04. The number of fused-ring (bicyclic) bond motifs is 1. The molecule has 0 heteroatoms. The molecule has 2 unspecified atom stereocenters. The summed E-state index contributed by atoms with van der Waals surface area (Å²) in [4.78, 5) is 0. The van der Waals surface area contributed by atoms with Gasteiger partial charge in [-0.3, -0.25) is 0 Å². The second-order valence-electron chi connectivity index (χ2n) is 3.38. The van der Waals surface area contributed by atoms with Crippen LogP contribution in [0.5, 0.6) is 0 Å². The molecule has 2 atom stereocenters. The van der Waals surface area contributed by atoms with E-state index < -0.39 is 0 Å². The van der Waals surface area contributed by atoms with E-state index in [0.717, 1.165) is 5.92 Å². The van der Waals surface area contributed by atoms with Gasteiger partial charge in [0.1, 0.15) is 0 Å². The van der Waals surface area contributed by atoms with Gasteiger partial charge in [0, 0.05) is 0 Å². The summed E-state index contributed by atoms with van der Waals surface area (Å²) in [6.07, 6.45) is 1.57. The van der Waals surface area contributed by atoms with Crippen LogP contribution in [0.2, 0.25) is 0 Å². The van der Waals surface area contributed by atoms with E-state index in [2.05, 4.69) is 13.8 Å². The first kappa shape index (κ1) is 7.11. The Morgan fingerprint density at radius 2 is 1.56 bits per heavy atom. The summed E-state index contributed by atoms with van der Waals surface area (Å²) in [5, 5.41) is 0. The zero-order valence-electron chi connectivity index (χ0n) is 7.02. The molecule has 2 rings (SSSR count). The van der Waals surface area contributed by atoms with Crippen LogP contribution in [0.4, 0.5) is 0 Å². The first-order valence-electron chi connectivity index (χ1n) is 4.30. The molecule has 0 aliphatic heterocycles. The average molecular weight is 126 g/mol. The standard InChI is InChI=1S/C7H12.C2H6/c1-4(2)7-5-3-6(5)7;1-2/h4-7H,3H2,1-2H3;1-2H3. The highest BCUT2D eigenvalue weighted by atomic mass is 14.7. The van der Waals surface area contributed by atoms with Gasteiger partial charge in [-0.1, -0.05) is 27.7 Å². The predicted molar refractivity (Wildman–Crippen MR) is 41.3 cm³/mol. The van der Waals surface area contributed by atoms with Gasteiger partial charge < -0.3 is 0 Å². The monoisotopic (exact) mass is 126 g/mol. The van der Waals surface area contributed by atoms with Crippen LogP contribution in [0.3, 0.4) is 0 Å². The van der Waals surface area contributed by atoms with Crippen molar-refractivity contribution in [3.8, 4) is 0 Å². The van der Waals surface area contributed by atoms with E-state index in [-0.39, 0.29) is 0 Å². The molecule has 0 saturated heterocycles. The summed E-state index contributed by atoms with van der Waals surface area (Å²) >= 11 is 0. The van der Waals surface area contributed by atoms with Gasteiger partial charge in [-0.15, -0.1) is 0 Å². The lowest BCUT2D eigenvalue weighted by Crippen LogP contribution is -1.97. The third-order valence-electron chi connectivity index (χ3n) is 2.51. The number of hydrogen-bond donors (Lipinski definition) is 0. The molecule has 2 saturated carbocycles. The third kappa shape index (κ3) is 1.12. The van der Waals surface area contributed by atoms with Crippen molar-refractivity contribution in [1.29, 1.82) is 0 Å². The van der Waals surface area contributed by atoms with Crippen LogP contribution in [0.1, 0.15) is 34.1 Å². The summed E-state index contributed by atoms with van der Waals surface area (Å²) in [5.41, 5.74) is 0. The molecule has 9 heavy (non-hydrogen) atoms. The second-order valence-corrected chi connectivity index (χ2v) is 3.38. The normalized spacial score (nSPS) is 43.0. The van der Waals surface area contributed by atoms with Gasteiger partial charge in [0.25, 0.3) is 0 Å². The first-order valence-corrected chi connectivity index (χ1v) is 4.30. The second kappa shape index (κ2) is 2.32. The Kier molecular flexibility index (Phi) is 1.83. The van der Waals surface area contributed by atoms with Crippen molar-refractivity contribution in [2.75, 3.05) is 0 Å². The summed E-state index contributed by atoms with van der Waals surface area (Å²) in [6.45, 7) is 8.69. The largest absolute Gasteiger partial charge is 0.0683 e. The molecule has 2 fully saturated rings. The molecule has 0 nitrogen and oxygen atoms in total. The van der Waals surface area contributed by atoms with Gasteiger partial charge >= 0.3 is 0 Å². The molecule has 0 aromatic rings. The van der Waals surface area contributed by atoms with Crippen molar-refractivity contribution >= 4 is 0 Å². The third-order valence-corrected chi connectivity index (χ3v) is 2.51. The van der Waals surface area contributed by atoms with Crippen molar-refractivity contribution in [3.05, 3.63) is 0 Å². The molecule has 0 heterocycles. The van der Waals surface area contributed by atoms with Crippen LogP contribution in [-0.2, 0) is 0 Å². The Morgan fingerprint density at radius 3 is 1.56 bits per heavy atom. The number of hydrogen-bond acceptors (Lipinski definition) is 0. The van der Waals surface area contributed by atoms with Crippen LogP contribution in [0.15, 0.2) is 0 Å². The van der Waals surface area contributed by atoms with E-state index in [0.29, 0.717) is 0 Å². The van der Waals surface area contributed by atoms with Gasteiger partial charge in [0.05, 0.1) is 0 Å². The zero-order valence-corrected chi connectivity index (χ0v) is 7.02. The lowest BCUT2D eigenvalue weighted by atomic mass is 10.0. The lowest BCUT2D eigenvalue weighted by molar-refractivity contribution is 0.450. The maximum Gasteiger partial charge on any atom is -0.0329 e. The summed E-state index contributed by atoms with van der Waals surface area (Å²) in [5.74, 6) is 4.57. The van der Waals surface area contributed by atoms with Crippen LogP contribution in [-0.4, -0.2) is 0 Å². The topological polar surface area (TPSA) is 0 Å². The number of rotatable bonds is 1. The van der Waals surface area contributed by atoms with E-state index in [9.17, 15) is 0 Å². The molecule has 0 radical (unpaired) electrons. The molecule has 2 aliphatic rings. The minimum absolute atomic E-state index is 0.990. The van der Waals surface area contributed by atoms with Crippen molar-refractivity contribution in [3.63, 3.8) is 0 Å². The average Bonchev–Trinajstić information content (AvgIpc) is 2.51. The van der Waals surface area contributed by atoms with Crippen molar-refractivity contribution in [2.45, 2.75) is 34.1 Å². The molecule has 0 aromatic carbocycles. The smallest absolute Gasteiger partial charge is 0.0329 e. The Morgan fingerprint density at radius 1 is 1.11 bits per heavy atom. The van der Waals surface area contributed by atoms with E-state index in [1.807, 2.05) is 13.8 Å². The van der Waals surface area contributed by atoms with E-state index >= 15 is 0 Å². The van der Waals surface area contributed by atoms with Crippen LogP contribution >= 0.6 is 0 Å². The minimum Gasteiger partial charge on any atom is -0.0683 e. The highest BCUT2D eigenvalue weighted by Crippen LogP contribution is 2.70. The van der Waals surface area contributed by atoms with Gasteiger partial charge in [-0.25, -0.2) is 0 Å². The summed E-state index contributed by atoms with van der Waals surface area (Å²) in [7, 11) is 0. The van der Waals surface area contributed by atoms with Gasteiger partial charge in [-0.2, -0.15) is 0 Å². The molecule has 0 amide bonds. The molecule has 2 aliphatic carbocycles. The SMILES string of the molecule is CC.CC(C)C1C2CC21. The Bertz CT molecular complexity index is 86.2. The Balaban J connectivity index is 0.000000186. The molecule has 0 N–H and O–H groups in total. The summed E-state index contributed by atoms with van der Waals surface area (Å²) < 4.78 is 0. The van der Waals surface area contributed by atoms with Crippen LogP contribution in [0, 0.1) is 23.7 Å². The zero-order chi connectivity index (χ0) is 7.02. The van der Waals surface area contributed by atoms with Crippen molar-refractivity contribution < 1.29 is 0 Å². The quantitative estimate of drug-likeness (QED) is 0.506. The molecule has 54 valence electrons.